The van der Waals surface area contributed by atoms with Gasteiger partial charge in [-0.3, -0.25) is 10.1 Å². The number of carbonyl (C=O) groups excluding carboxylic acids is 1. The van der Waals surface area contributed by atoms with E-state index < -0.39 is 10.9 Å². The third kappa shape index (κ3) is 1.99. The van der Waals surface area contributed by atoms with E-state index in [1.54, 1.807) is 6.92 Å². The molecule has 0 aromatic rings. The van der Waals surface area contributed by atoms with E-state index in [9.17, 15) is 14.9 Å². The lowest BCUT2D eigenvalue weighted by atomic mass is 9.97. The Labute approximate surface area is 81.2 Å². The molecule has 0 saturated carbocycles. The zero-order chi connectivity index (χ0) is 10.7. The van der Waals surface area contributed by atoms with Gasteiger partial charge in [-0.2, -0.15) is 0 Å². The van der Waals surface area contributed by atoms with Crippen LogP contribution in [0.2, 0.25) is 0 Å². The highest BCUT2D eigenvalue weighted by Crippen LogP contribution is 2.24. The van der Waals surface area contributed by atoms with Gasteiger partial charge >= 0.3 is 5.97 Å². The quantitative estimate of drug-likeness (QED) is 0.381. The highest BCUT2D eigenvalue weighted by molar-refractivity contribution is 5.92. The van der Waals surface area contributed by atoms with Crippen LogP contribution in [0.25, 0.3) is 0 Å². The van der Waals surface area contributed by atoms with Crippen molar-refractivity contribution >= 4 is 5.97 Å². The number of ether oxygens (including phenoxy) is 1. The maximum atomic E-state index is 11.2. The summed E-state index contributed by atoms with van der Waals surface area (Å²) >= 11 is 0. The van der Waals surface area contributed by atoms with E-state index in [-0.39, 0.29) is 5.70 Å². The van der Waals surface area contributed by atoms with Crippen molar-refractivity contribution in [2.24, 2.45) is 0 Å². The molecule has 5 heteroatoms. The Morgan fingerprint density at radius 1 is 1.57 bits per heavy atom. The predicted molar refractivity (Wildman–Crippen MR) is 49.0 cm³/mol. The topological polar surface area (TPSA) is 69.4 Å². The Morgan fingerprint density at radius 3 is 2.71 bits per heavy atom. The summed E-state index contributed by atoms with van der Waals surface area (Å²) in [5.74, 6) is -0.512. The van der Waals surface area contributed by atoms with Crippen molar-refractivity contribution in [3.63, 3.8) is 0 Å². The van der Waals surface area contributed by atoms with Gasteiger partial charge in [0.05, 0.1) is 17.6 Å². The molecular formula is C9H11NO4. The minimum absolute atomic E-state index is 0.0657. The summed E-state index contributed by atoms with van der Waals surface area (Å²) in [6, 6.07) is 0. The van der Waals surface area contributed by atoms with Gasteiger partial charge in [-0.15, -0.1) is 0 Å². The first-order valence-electron chi connectivity index (χ1n) is 4.19. The fourth-order valence-corrected chi connectivity index (χ4v) is 1.30. The van der Waals surface area contributed by atoms with Crippen LogP contribution in [-0.2, 0) is 9.53 Å². The average Bonchev–Trinajstić information content (AvgIpc) is 2.17. The molecule has 0 fully saturated rings. The Hall–Kier alpha value is -1.65. The van der Waals surface area contributed by atoms with Crippen LogP contribution in [0.4, 0.5) is 0 Å². The van der Waals surface area contributed by atoms with Crippen molar-refractivity contribution in [2.45, 2.75) is 19.8 Å². The van der Waals surface area contributed by atoms with Gasteiger partial charge in [-0.05, 0) is 13.3 Å². The van der Waals surface area contributed by atoms with Crippen LogP contribution < -0.4 is 0 Å². The van der Waals surface area contributed by atoms with Crippen LogP contribution in [-0.4, -0.2) is 18.0 Å². The van der Waals surface area contributed by atoms with Gasteiger partial charge in [0, 0.05) is 12.5 Å². The number of esters is 1. The molecule has 0 saturated heterocycles. The molecule has 0 amide bonds. The second kappa shape index (κ2) is 4.04. The van der Waals surface area contributed by atoms with Gasteiger partial charge in [-0.25, -0.2) is 4.79 Å². The summed E-state index contributed by atoms with van der Waals surface area (Å²) in [5.41, 5.74) is 1.21. The molecule has 0 bridgehead atoms. The molecule has 0 spiro atoms. The number of rotatable bonds is 2. The minimum atomic E-state index is -0.512. The lowest BCUT2D eigenvalue weighted by molar-refractivity contribution is -0.428. The summed E-state index contributed by atoms with van der Waals surface area (Å²) in [7, 11) is 1.26. The fraction of sp³-hybridized carbons (Fsp3) is 0.444. The highest BCUT2D eigenvalue weighted by atomic mass is 16.6. The summed E-state index contributed by atoms with van der Waals surface area (Å²) in [6.07, 6.45) is 2.21. The summed E-state index contributed by atoms with van der Waals surface area (Å²) in [6.45, 7) is 1.78. The van der Waals surface area contributed by atoms with E-state index in [2.05, 4.69) is 4.74 Å². The van der Waals surface area contributed by atoms with E-state index in [0.29, 0.717) is 18.4 Å². The lowest BCUT2D eigenvalue weighted by Crippen LogP contribution is -2.12. The van der Waals surface area contributed by atoms with E-state index in [0.717, 1.165) is 5.57 Å². The molecular weight excluding hydrogens is 186 g/mol. The number of hydrogen-bond donors (Lipinski definition) is 0. The largest absolute Gasteiger partial charge is 0.465 e. The molecule has 76 valence electrons. The second-order valence-corrected chi connectivity index (χ2v) is 3.08. The molecule has 1 aliphatic rings. The van der Waals surface area contributed by atoms with Crippen molar-refractivity contribution in [1.29, 1.82) is 0 Å². The number of carbonyl (C=O) groups is 1. The average molecular weight is 197 g/mol. The van der Waals surface area contributed by atoms with Gasteiger partial charge in [-0.1, -0.05) is 5.57 Å². The Kier molecular flexibility index (Phi) is 3.01. The molecule has 1 rings (SSSR count). The summed E-state index contributed by atoms with van der Waals surface area (Å²) in [4.78, 5) is 21.2. The van der Waals surface area contributed by atoms with Gasteiger partial charge < -0.3 is 4.74 Å². The zero-order valence-electron chi connectivity index (χ0n) is 8.07. The molecule has 0 aromatic carbocycles. The SMILES string of the molecule is COC(=O)C1=C(C)CCC([N+](=O)[O-])=C1. The van der Waals surface area contributed by atoms with E-state index in [4.69, 9.17) is 0 Å². The van der Waals surface area contributed by atoms with E-state index in [1.165, 1.54) is 13.2 Å². The Bertz CT molecular complexity index is 341. The van der Waals surface area contributed by atoms with Crippen molar-refractivity contribution < 1.29 is 14.5 Å². The number of nitrogens with zero attached hydrogens (tertiary/aromatic N) is 1. The van der Waals surface area contributed by atoms with Crippen molar-refractivity contribution in [1.82, 2.24) is 0 Å². The van der Waals surface area contributed by atoms with Gasteiger partial charge in [0.15, 0.2) is 0 Å². The molecule has 0 unspecified atom stereocenters. The minimum Gasteiger partial charge on any atom is -0.465 e. The number of methoxy groups -OCH3 is 1. The fourth-order valence-electron chi connectivity index (χ4n) is 1.30. The normalized spacial score (nSPS) is 16.3. The molecule has 1 aliphatic carbocycles. The standard InChI is InChI=1S/C9H11NO4/c1-6-3-4-7(10(12)13)5-8(6)9(11)14-2/h5H,3-4H2,1-2H3. The maximum Gasteiger partial charge on any atom is 0.338 e. The molecule has 0 heterocycles. The Morgan fingerprint density at radius 2 is 2.21 bits per heavy atom. The number of allylic oxidation sites excluding steroid dienone is 2. The molecule has 0 radical (unpaired) electrons. The first kappa shape index (κ1) is 10.4. The summed E-state index contributed by atoms with van der Waals surface area (Å²) in [5, 5.41) is 10.5. The van der Waals surface area contributed by atoms with Crippen molar-refractivity contribution in [3.8, 4) is 0 Å². The zero-order valence-corrected chi connectivity index (χ0v) is 8.07. The summed E-state index contributed by atoms with van der Waals surface area (Å²) < 4.78 is 4.52. The maximum absolute atomic E-state index is 11.2. The number of hydrogen-bond acceptors (Lipinski definition) is 4. The molecule has 0 aromatic heterocycles. The molecule has 0 N–H and O–H groups in total. The van der Waals surface area contributed by atoms with Crippen molar-refractivity contribution in [2.75, 3.05) is 7.11 Å². The molecule has 0 atom stereocenters. The van der Waals surface area contributed by atoms with Gasteiger partial charge in [0.1, 0.15) is 0 Å². The first-order chi connectivity index (χ1) is 6.56. The molecule has 5 nitrogen and oxygen atoms in total. The van der Waals surface area contributed by atoms with Gasteiger partial charge in [0.25, 0.3) is 0 Å². The molecule has 14 heavy (non-hydrogen) atoms. The third-order valence-electron chi connectivity index (χ3n) is 2.17. The van der Waals surface area contributed by atoms with Crippen LogP contribution in [0.15, 0.2) is 22.9 Å². The van der Waals surface area contributed by atoms with Crippen LogP contribution in [0.3, 0.4) is 0 Å². The highest BCUT2D eigenvalue weighted by Gasteiger charge is 2.22. The van der Waals surface area contributed by atoms with Gasteiger partial charge in [0.2, 0.25) is 5.70 Å². The predicted octanol–water partition coefficient (Wildman–Crippen LogP) is 1.43. The second-order valence-electron chi connectivity index (χ2n) is 3.08. The van der Waals surface area contributed by atoms with Crippen LogP contribution in [0.5, 0.6) is 0 Å². The number of nitro groups is 1. The van der Waals surface area contributed by atoms with Crippen LogP contribution in [0, 0.1) is 10.1 Å². The monoisotopic (exact) mass is 197 g/mol. The van der Waals surface area contributed by atoms with Crippen LogP contribution >= 0.6 is 0 Å². The lowest BCUT2D eigenvalue weighted by Gasteiger charge is -2.11. The van der Waals surface area contributed by atoms with Crippen molar-refractivity contribution in [3.05, 3.63) is 33.0 Å². The third-order valence-corrected chi connectivity index (χ3v) is 2.17. The Balaban J connectivity index is 3.02. The van der Waals surface area contributed by atoms with Crippen LogP contribution in [0.1, 0.15) is 19.8 Å². The molecule has 0 aliphatic heterocycles. The van der Waals surface area contributed by atoms with E-state index >= 15 is 0 Å². The van der Waals surface area contributed by atoms with E-state index in [1.807, 2.05) is 0 Å². The smallest absolute Gasteiger partial charge is 0.338 e. The first-order valence-corrected chi connectivity index (χ1v) is 4.19.